The number of nitrogens with one attached hydrogen (secondary N) is 2. The first kappa shape index (κ1) is 25.4. The van der Waals surface area contributed by atoms with E-state index in [1.807, 2.05) is 38.4 Å². The van der Waals surface area contributed by atoms with Gasteiger partial charge in [0.2, 0.25) is 5.96 Å². The Hall–Kier alpha value is -3.18. The fourth-order valence-corrected chi connectivity index (χ4v) is 5.95. The molecule has 2 aliphatic rings. The highest BCUT2D eigenvalue weighted by atomic mass is 32.1. The maximum atomic E-state index is 13.0. The van der Waals surface area contributed by atoms with Gasteiger partial charge in [-0.3, -0.25) is 19.9 Å². The summed E-state index contributed by atoms with van der Waals surface area (Å²) >= 11 is 1.61. The molecule has 7 nitrogen and oxygen atoms in total. The van der Waals surface area contributed by atoms with Crippen molar-refractivity contribution in [3.8, 4) is 6.19 Å². The van der Waals surface area contributed by atoms with Gasteiger partial charge in [0.05, 0.1) is 5.56 Å². The van der Waals surface area contributed by atoms with E-state index >= 15 is 0 Å². The van der Waals surface area contributed by atoms with Crippen LogP contribution < -0.4 is 10.6 Å². The third-order valence-electron chi connectivity index (χ3n) is 6.52. The number of allylic oxidation sites excluding steroid dienone is 4. The Labute approximate surface area is 205 Å². The van der Waals surface area contributed by atoms with Gasteiger partial charge in [0.25, 0.3) is 5.91 Å². The molecule has 3 rings (SSSR count). The number of nitriles is 1. The van der Waals surface area contributed by atoms with Crippen LogP contribution in [0.3, 0.4) is 0 Å². The van der Waals surface area contributed by atoms with Crippen LogP contribution in [0.1, 0.15) is 67.3 Å². The van der Waals surface area contributed by atoms with E-state index in [0.29, 0.717) is 23.5 Å². The van der Waals surface area contributed by atoms with Crippen LogP contribution >= 0.6 is 11.3 Å². The molecule has 1 aliphatic heterocycles. The van der Waals surface area contributed by atoms with Crippen molar-refractivity contribution < 1.29 is 9.59 Å². The van der Waals surface area contributed by atoms with E-state index in [1.54, 1.807) is 18.4 Å². The Balaban J connectivity index is 1.74. The van der Waals surface area contributed by atoms with Crippen molar-refractivity contribution in [2.24, 2.45) is 4.99 Å². The monoisotopic (exact) mass is 479 g/mol. The largest absolute Gasteiger partial charge is 0.348 e. The summed E-state index contributed by atoms with van der Waals surface area (Å²) in [6.07, 6.45) is 7.09. The van der Waals surface area contributed by atoms with E-state index in [1.165, 1.54) is 16.0 Å². The van der Waals surface area contributed by atoms with Gasteiger partial charge >= 0.3 is 0 Å². The van der Waals surface area contributed by atoms with E-state index in [9.17, 15) is 9.59 Å². The number of guanidine groups is 1. The number of piperidine rings is 1. The summed E-state index contributed by atoms with van der Waals surface area (Å²) in [5.41, 5.74) is 7.06. The lowest BCUT2D eigenvalue weighted by molar-refractivity contribution is -0.115. The molecule has 0 atom stereocenters. The predicted octanol–water partition coefficient (Wildman–Crippen LogP) is 4.34. The lowest BCUT2D eigenvalue weighted by Crippen LogP contribution is -2.42. The number of amides is 1. The number of ketones is 1. The van der Waals surface area contributed by atoms with Crippen LogP contribution in [-0.4, -0.2) is 49.2 Å². The van der Waals surface area contributed by atoms with Gasteiger partial charge in [-0.15, -0.1) is 11.3 Å². The van der Waals surface area contributed by atoms with Gasteiger partial charge in [-0.25, -0.2) is 0 Å². The molecule has 1 aromatic heterocycles. The molecule has 2 heterocycles. The van der Waals surface area contributed by atoms with E-state index in [2.05, 4.69) is 27.4 Å². The predicted molar refractivity (Wildman–Crippen MR) is 138 cm³/mol. The highest BCUT2D eigenvalue weighted by molar-refractivity contribution is 7.11. The maximum Gasteiger partial charge on any atom is 0.252 e. The van der Waals surface area contributed by atoms with Crippen molar-refractivity contribution in [3.05, 3.63) is 49.8 Å². The minimum absolute atomic E-state index is 0.0890. The number of nitrogens with zero attached hydrogens (tertiary/aromatic N) is 3. The Morgan fingerprint density at radius 1 is 1.26 bits per heavy atom. The van der Waals surface area contributed by atoms with Gasteiger partial charge in [-0.05, 0) is 56.7 Å². The molecule has 1 saturated heterocycles. The van der Waals surface area contributed by atoms with Gasteiger partial charge in [-0.2, -0.15) is 5.26 Å². The minimum Gasteiger partial charge on any atom is -0.348 e. The number of thiophene rings is 1. The first-order chi connectivity index (χ1) is 16.3. The molecule has 34 heavy (non-hydrogen) atoms. The number of Topliss-reactive ketones (excluding diaryl/α,β-unsaturated/α-hetero) is 1. The quantitative estimate of drug-likeness (QED) is 0.283. The summed E-state index contributed by atoms with van der Waals surface area (Å²) in [6, 6.07) is 0. The average Bonchev–Trinajstić information content (AvgIpc) is 3.19. The Morgan fingerprint density at radius 2 is 1.97 bits per heavy atom. The third-order valence-corrected chi connectivity index (χ3v) is 7.67. The van der Waals surface area contributed by atoms with Crippen molar-refractivity contribution in [1.82, 2.24) is 15.5 Å². The van der Waals surface area contributed by atoms with Crippen LogP contribution in [0.2, 0.25) is 0 Å². The van der Waals surface area contributed by atoms with Crippen LogP contribution in [0.4, 0.5) is 0 Å². The SMILES string of the molecule is CCC(=C1CCN(C(=NC)NC#N)CC1)c1scc(C(=O)NCC2=C(C)C=C(C)CC2=O)c1C. The summed E-state index contributed by atoms with van der Waals surface area (Å²) in [5, 5.41) is 16.5. The molecule has 2 N–H and O–H groups in total. The summed E-state index contributed by atoms with van der Waals surface area (Å²) in [4.78, 5) is 32.8. The summed E-state index contributed by atoms with van der Waals surface area (Å²) in [5.74, 6) is 0.561. The Kier molecular flexibility index (Phi) is 8.46. The van der Waals surface area contributed by atoms with Crippen LogP contribution in [-0.2, 0) is 4.79 Å². The second-order valence-corrected chi connectivity index (χ2v) is 9.62. The van der Waals surface area contributed by atoms with Crippen LogP contribution in [0.5, 0.6) is 0 Å². The number of carbonyl (C=O) groups is 2. The Morgan fingerprint density at radius 3 is 2.56 bits per heavy atom. The Bertz CT molecular complexity index is 1140. The normalized spacial score (nSPS) is 16.9. The van der Waals surface area contributed by atoms with Gasteiger partial charge in [0.1, 0.15) is 0 Å². The van der Waals surface area contributed by atoms with E-state index < -0.39 is 0 Å². The fourth-order valence-electron chi connectivity index (χ4n) is 4.72. The molecular weight excluding hydrogens is 446 g/mol. The molecule has 1 aliphatic carbocycles. The molecule has 180 valence electrons. The molecule has 8 heteroatoms. The minimum atomic E-state index is -0.138. The van der Waals surface area contributed by atoms with Crippen molar-refractivity contribution in [3.63, 3.8) is 0 Å². The molecule has 0 bridgehead atoms. The highest BCUT2D eigenvalue weighted by Gasteiger charge is 2.24. The molecule has 1 amide bonds. The van der Waals surface area contributed by atoms with Gasteiger partial charge in [0.15, 0.2) is 12.0 Å². The highest BCUT2D eigenvalue weighted by Crippen LogP contribution is 2.36. The molecule has 0 spiro atoms. The molecule has 0 saturated carbocycles. The summed E-state index contributed by atoms with van der Waals surface area (Å²) in [6.45, 7) is 9.90. The topological polar surface area (TPSA) is 97.6 Å². The molecule has 0 aromatic carbocycles. The zero-order chi connectivity index (χ0) is 24.8. The summed E-state index contributed by atoms with van der Waals surface area (Å²) < 4.78 is 0. The van der Waals surface area contributed by atoms with E-state index in [-0.39, 0.29) is 18.2 Å². The number of likely N-dealkylation sites (tertiary alicyclic amines) is 1. The number of rotatable bonds is 5. The lowest BCUT2D eigenvalue weighted by atomic mass is 9.92. The standard InChI is InChI=1S/C26H33N5O2S/c1-6-20(19-7-9-31(10-8-19)26(28-5)30-15-27)24-18(4)22(14-34-24)25(33)29-13-21-17(3)11-16(2)12-23(21)32/h11,14H,6-10,12-13H2,1-5H3,(H,28,30)(H,29,33). The first-order valence-electron chi connectivity index (χ1n) is 11.6. The first-order valence-corrected chi connectivity index (χ1v) is 12.5. The fraction of sp³-hybridized carbons (Fsp3) is 0.462. The van der Waals surface area contributed by atoms with E-state index in [4.69, 9.17) is 5.26 Å². The van der Waals surface area contributed by atoms with Crippen LogP contribution in [0, 0.1) is 18.4 Å². The lowest BCUT2D eigenvalue weighted by Gasteiger charge is -2.31. The zero-order valence-corrected chi connectivity index (χ0v) is 21.5. The average molecular weight is 480 g/mol. The molecule has 1 aromatic rings. The molecule has 0 radical (unpaired) electrons. The second kappa shape index (κ2) is 11.3. The summed E-state index contributed by atoms with van der Waals surface area (Å²) in [7, 11) is 1.68. The molecular formula is C26H33N5O2S. The van der Waals surface area contributed by atoms with Crippen LogP contribution in [0.25, 0.3) is 5.57 Å². The van der Waals surface area contributed by atoms with Crippen molar-refractivity contribution in [2.75, 3.05) is 26.7 Å². The van der Waals surface area contributed by atoms with Gasteiger partial charge < -0.3 is 10.2 Å². The second-order valence-electron chi connectivity index (χ2n) is 8.75. The van der Waals surface area contributed by atoms with Crippen LogP contribution in [0.15, 0.2) is 38.7 Å². The van der Waals surface area contributed by atoms with Crippen molar-refractivity contribution >= 4 is 34.6 Å². The zero-order valence-electron chi connectivity index (χ0n) is 20.7. The number of aliphatic imine (C=N–C) groups is 1. The smallest absolute Gasteiger partial charge is 0.252 e. The molecule has 0 unspecified atom stereocenters. The molecule has 1 fully saturated rings. The van der Waals surface area contributed by atoms with Gasteiger partial charge in [0, 0.05) is 48.9 Å². The van der Waals surface area contributed by atoms with Crippen molar-refractivity contribution in [2.45, 2.75) is 53.4 Å². The van der Waals surface area contributed by atoms with E-state index in [0.717, 1.165) is 49.1 Å². The number of hydrogen-bond donors (Lipinski definition) is 2. The number of carbonyl (C=O) groups excluding carboxylic acids is 2. The number of hydrogen-bond acceptors (Lipinski definition) is 5. The third kappa shape index (κ3) is 5.48. The maximum absolute atomic E-state index is 13.0. The van der Waals surface area contributed by atoms with Crippen molar-refractivity contribution in [1.29, 1.82) is 5.26 Å². The van der Waals surface area contributed by atoms with Gasteiger partial charge in [-0.1, -0.05) is 24.1 Å².